The van der Waals surface area contributed by atoms with Crippen molar-refractivity contribution in [1.29, 1.82) is 0 Å². The highest BCUT2D eigenvalue weighted by Crippen LogP contribution is 2.46. The van der Waals surface area contributed by atoms with Crippen LogP contribution in [0.1, 0.15) is 38.7 Å². The molecule has 2 aliphatic rings. The fourth-order valence-corrected chi connectivity index (χ4v) is 4.88. The van der Waals surface area contributed by atoms with Crippen LogP contribution in [-0.2, 0) is 23.9 Å². The molecule has 1 aliphatic carbocycles. The number of ketones is 1. The summed E-state index contributed by atoms with van der Waals surface area (Å²) in [5, 5.41) is 3.25. The van der Waals surface area contributed by atoms with Crippen LogP contribution in [0.15, 0.2) is 77.1 Å². The van der Waals surface area contributed by atoms with Gasteiger partial charge in [0.1, 0.15) is 17.4 Å². The predicted molar refractivity (Wildman–Crippen MR) is 129 cm³/mol. The lowest BCUT2D eigenvalue weighted by Gasteiger charge is -2.38. The van der Waals surface area contributed by atoms with Crippen LogP contribution in [0, 0.1) is 11.8 Å². The second-order valence-corrected chi connectivity index (χ2v) is 8.74. The van der Waals surface area contributed by atoms with Crippen molar-refractivity contribution in [2.45, 2.75) is 33.1 Å². The minimum absolute atomic E-state index is 0.196. The quantitative estimate of drug-likeness (QED) is 0.480. The molecule has 0 saturated carbocycles. The second-order valence-electron chi connectivity index (χ2n) is 8.74. The third-order valence-corrected chi connectivity index (χ3v) is 6.41. The Balaban J connectivity index is 1.83. The predicted octanol–water partition coefficient (Wildman–Crippen LogP) is 4.66. The molecule has 2 aromatic carbocycles. The summed E-state index contributed by atoms with van der Waals surface area (Å²) in [5.74, 6) is -2.08. The molecular weight excluding hydrogens is 446 g/mol. The molecule has 0 bridgehead atoms. The number of rotatable bonds is 6. The van der Waals surface area contributed by atoms with E-state index in [1.807, 2.05) is 61.5 Å². The van der Waals surface area contributed by atoms with E-state index in [9.17, 15) is 14.4 Å². The van der Waals surface area contributed by atoms with Crippen molar-refractivity contribution < 1.29 is 28.6 Å². The molecular formula is C28H29NO6. The van der Waals surface area contributed by atoms with Crippen molar-refractivity contribution in [1.82, 2.24) is 5.32 Å². The maximum Gasteiger partial charge on any atom is 0.336 e. The smallest absolute Gasteiger partial charge is 0.336 e. The molecule has 1 heterocycles. The number of benzene rings is 2. The fraction of sp³-hybridized carbons (Fsp3) is 0.321. The summed E-state index contributed by atoms with van der Waals surface area (Å²) in [6, 6.07) is 16.7. The molecule has 1 aliphatic heterocycles. The van der Waals surface area contributed by atoms with Crippen molar-refractivity contribution in [2.24, 2.45) is 11.8 Å². The zero-order chi connectivity index (χ0) is 25.1. The zero-order valence-electron chi connectivity index (χ0n) is 20.3. The van der Waals surface area contributed by atoms with E-state index in [2.05, 4.69) is 5.32 Å². The Kier molecular flexibility index (Phi) is 7.05. The number of methoxy groups -OCH3 is 1. The molecule has 0 radical (unpaired) electrons. The van der Waals surface area contributed by atoms with Crippen LogP contribution < -0.4 is 10.1 Å². The van der Waals surface area contributed by atoms with E-state index in [-0.39, 0.29) is 18.3 Å². The lowest BCUT2D eigenvalue weighted by molar-refractivity contribution is -0.151. The topological polar surface area (TPSA) is 90.9 Å². The van der Waals surface area contributed by atoms with Crippen molar-refractivity contribution in [3.63, 3.8) is 0 Å². The van der Waals surface area contributed by atoms with Gasteiger partial charge in [0, 0.05) is 22.9 Å². The SMILES string of the molecule is CCOC(=O)C1=C(C)NC2=C(C(=O)[C@@H](C(=O)OC)[C@H](C)C2)[C@@H]1c1cccc(Oc2ccccc2)c1. The van der Waals surface area contributed by atoms with Crippen molar-refractivity contribution in [3.8, 4) is 11.5 Å². The van der Waals surface area contributed by atoms with Gasteiger partial charge in [0.05, 0.1) is 19.3 Å². The molecule has 2 aromatic rings. The van der Waals surface area contributed by atoms with Gasteiger partial charge >= 0.3 is 11.9 Å². The van der Waals surface area contributed by atoms with Crippen LogP contribution in [0.2, 0.25) is 0 Å². The van der Waals surface area contributed by atoms with Crippen LogP contribution in [0.4, 0.5) is 0 Å². The van der Waals surface area contributed by atoms with Gasteiger partial charge in [-0.05, 0) is 56.0 Å². The standard InChI is InChI=1S/C28H29NO6/c1-5-34-28(32)23-17(3)29-21-14-16(2)22(27(31)33-4)26(30)25(21)24(23)18-10-9-13-20(15-18)35-19-11-7-6-8-12-19/h6-13,15-16,22,24,29H,5,14H2,1-4H3/t16-,22+,24-/m1/s1. The molecule has 35 heavy (non-hydrogen) atoms. The third kappa shape index (κ3) is 4.71. The average molecular weight is 476 g/mol. The number of ether oxygens (including phenoxy) is 3. The van der Waals surface area contributed by atoms with Gasteiger partial charge in [-0.1, -0.05) is 37.3 Å². The molecule has 4 rings (SSSR count). The minimum Gasteiger partial charge on any atom is -0.468 e. The number of carbonyl (C=O) groups is 3. The molecule has 0 unspecified atom stereocenters. The number of Topliss-reactive ketones (excluding diaryl/α,β-unsaturated/α-hetero) is 1. The van der Waals surface area contributed by atoms with Gasteiger partial charge < -0.3 is 19.5 Å². The highest BCUT2D eigenvalue weighted by atomic mass is 16.5. The largest absolute Gasteiger partial charge is 0.468 e. The number of hydrogen-bond donors (Lipinski definition) is 1. The molecule has 0 fully saturated rings. The molecule has 182 valence electrons. The fourth-order valence-electron chi connectivity index (χ4n) is 4.88. The molecule has 7 heteroatoms. The first kappa shape index (κ1) is 24.3. The normalized spacial score (nSPS) is 21.7. The van der Waals surface area contributed by atoms with Gasteiger partial charge in [-0.25, -0.2) is 4.79 Å². The third-order valence-electron chi connectivity index (χ3n) is 6.41. The van der Waals surface area contributed by atoms with Gasteiger partial charge in [-0.3, -0.25) is 9.59 Å². The second kappa shape index (κ2) is 10.2. The highest BCUT2D eigenvalue weighted by Gasteiger charge is 2.47. The molecule has 0 aromatic heterocycles. The van der Waals surface area contributed by atoms with Gasteiger partial charge in [0.25, 0.3) is 0 Å². The van der Waals surface area contributed by atoms with Crippen molar-refractivity contribution in [3.05, 3.63) is 82.7 Å². The monoisotopic (exact) mass is 475 g/mol. The molecule has 1 N–H and O–H groups in total. The lowest BCUT2D eigenvalue weighted by Crippen LogP contribution is -2.43. The first-order valence-electron chi connectivity index (χ1n) is 11.7. The Morgan fingerprint density at radius 2 is 1.77 bits per heavy atom. The van der Waals surface area contributed by atoms with Gasteiger partial charge in [0.2, 0.25) is 0 Å². The minimum atomic E-state index is -0.936. The van der Waals surface area contributed by atoms with Crippen molar-refractivity contribution in [2.75, 3.05) is 13.7 Å². The van der Waals surface area contributed by atoms with Gasteiger partial charge in [-0.15, -0.1) is 0 Å². The summed E-state index contributed by atoms with van der Waals surface area (Å²) in [5.41, 5.74) is 2.77. The van der Waals surface area contributed by atoms with Gasteiger partial charge in [0.15, 0.2) is 5.78 Å². The maximum absolute atomic E-state index is 13.8. The van der Waals surface area contributed by atoms with E-state index in [1.54, 1.807) is 13.8 Å². The van der Waals surface area contributed by atoms with E-state index in [0.717, 1.165) is 0 Å². The van der Waals surface area contributed by atoms with E-state index < -0.39 is 23.8 Å². The van der Waals surface area contributed by atoms with Crippen LogP contribution in [0.25, 0.3) is 0 Å². The molecule has 0 saturated heterocycles. The Morgan fingerprint density at radius 1 is 1.06 bits per heavy atom. The number of dihydropyridines is 1. The molecule has 0 spiro atoms. The molecule has 3 atom stereocenters. The Bertz CT molecular complexity index is 1210. The van der Waals surface area contributed by atoms with Crippen LogP contribution in [-0.4, -0.2) is 31.4 Å². The summed E-state index contributed by atoms with van der Waals surface area (Å²) < 4.78 is 16.3. The number of hydrogen-bond acceptors (Lipinski definition) is 7. The van der Waals surface area contributed by atoms with E-state index >= 15 is 0 Å². The van der Waals surface area contributed by atoms with E-state index in [0.29, 0.717) is 46.0 Å². The highest BCUT2D eigenvalue weighted by molar-refractivity contribution is 6.12. The summed E-state index contributed by atoms with van der Waals surface area (Å²) in [6.45, 7) is 5.59. The lowest BCUT2D eigenvalue weighted by atomic mass is 9.69. The Morgan fingerprint density at radius 3 is 2.46 bits per heavy atom. The summed E-state index contributed by atoms with van der Waals surface area (Å²) in [6.07, 6.45) is 0.477. The maximum atomic E-state index is 13.8. The number of esters is 2. The first-order chi connectivity index (χ1) is 16.8. The number of carbonyl (C=O) groups excluding carboxylic acids is 3. The summed E-state index contributed by atoms with van der Waals surface area (Å²) >= 11 is 0. The van der Waals surface area contributed by atoms with E-state index in [4.69, 9.17) is 14.2 Å². The molecule has 0 amide bonds. The summed E-state index contributed by atoms with van der Waals surface area (Å²) in [7, 11) is 1.28. The number of allylic oxidation sites excluding steroid dienone is 3. The number of para-hydroxylation sites is 1. The first-order valence-corrected chi connectivity index (χ1v) is 11.7. The Hall–Kier alpha value is -3.87. The van der Waals surface area contributed by atoms with Crippen molar-refractivity contribution >= 4 is 17.7 Å². The Labute approximate surface area is 204 Å². The van der Waals surface area contributed by atoms with Crippen LogP contribution in [0.5, 0.6) is 11.5 Å². The average Bonchev–Trinajstić information content (AvgIpc) is 2.84. The molecule has 7 nitrogen and oxygen atoms in total. The van der Waals surface area contributed by atoms with Gasteiger partial charge in [-0.2, -0.15) is 0 Å². The van der Waals surface area contributed by atoms with Crippen LogP contribution >= 0.6 is 0 Å². The summed E-state index contributed by atoms with van der Waals surface area (Å²) in [4.78, 5) is 39.4. The zero-order valence-corrected chi connectivity index (χ0v) is 20.3. The number of nitrogens with one attached hydrogen (secondary N) is 1. The van der Waals surface area contributed by atoms with E-state index in [1.165, 1.54) is 7.11 Å². The van der Waals surface area contributed by atoms with Crippen LogP contribution in [0.3, 0.4) is 0 Å².